The van der Waals surface area contributed by atoms with E-state index in [1.165, 1.54) is 0 Å². The summed E-state index contributed by atoms with van der Waals surface area (Å²) in [6.07, 6.45) is -1.14. The number of ether oxygens (including phenoxy) is 2. The van der Waals surface area contributed by atoms with Crippen molar-refractivity contribution in [3.8, 4) is 11.5 Å². The lowest BCUT2D eigenvalue weighted by molar-refractivity contribution is -0.128. The molecule has 2 atom stereocenters. The second-order valence-electron chi connectivity index (χ2n) is 4.92. The van der Waals surface area contributed by atoms with Gasteiger partial charge in [-0.15, -0.1) is 0 Å². The van der Waals surface area contributed by atoms with Gasteiger partial charge in [0.1, 0.15) is 6.10 Å². The Bertz CT molecular complexity index is 722. The third kappa shape index (κ3) is 3.05. The summed E-state index contributed by atoms with van der Waals surface area (Å²) in [5.74, 6) is 0.898. The van der Waals surface area contributed by atoms with E-state index in [1.807, 2.05) is 18.2 Å². The van der Waals surface area contributed by atoms with Crippen LogP contribution in [0.3, 0.4) is 0 Å². The van der Waals surface area contributed by atoms with Crippen molar-refractivity contribution in [3.05, 3.63) is 52.0 Å². The lowest BCUT2D eigenvalue weighted by Crippen LogP contribution is -2.46. The van der Waals surface area contributed by atoms with E-state index >= 15 is 0 Å². The second-order valence-corrected chi connectivity index (χ2v) is 6.24. The summed E-state index contributed by atoms with van der Waals surface area (Å²) >= 11 is 9.44. The van der Waals surface area contributed by atoms with Crippen LogP contribution in [0.25, 0.3) is 0 Å². The monoisotopic (exact) mass is 381 g/mol. The molecule has 1 aliphatic rings. The maximum atomic E-state index is 12.4. The molecule has 6 heteroatoms. The normalized spacial score (nSPS) is 19.6. The van der Waals surface area contributed by atoms with Gasteiger partial charge in [-0.1, -0.05) is 39.7 Å². The number of para-hydroxylation sites is 2. The van der Waals surface area contributed by atoms with Crippen LogP contribution >= 0.6 is 27.5 Å². The van der Waals surface area contributed by atoms with Crippen LogP contribution in [0.2, 0.25) is 5.02 Å². The predicted octanol–water partition coefficient (Wildman–Crippen LogP) is 4.27. The first-order valence-corrected chi connectivity index (χ1v) is 7.90. The topological polar surface area (TPSA) is 47.6 Å². The molecule has 0 saturated heterocycles. The number of rotatable bonds is 2. The van der Waals surface area contributed by atoms with E-state index in [9.17, 15) is 4.79 Å². The number of amides is 1. The Morgan fingerprint density at radius 1 is 1.18 bits per heavy atom. The molecule has 0 bridgehead atoms. The number of carbonyl (C=O) groups is 1. The Hall–Kier alpha value is -1.72. The fraction of sp³-hybridized carbons (Fsp3) is 0.188. The minimum absolute atomic E-state index is 0.300. The van der Waals surface area contributed by atoms with E-state index < -0.39 is 12.2 Å². The molecule has 0 radical (unpaired) electrons. The van der Waals surface area contributed by atoms with Gasteiger partial charge in [-0.25, -0.2) is 0 Å². The molecule has 2 aromatic carbocycles. The zero-order valence-electron chi connectivity index (χ0n) is 11.7. The molecule has 22 heavy (non-hydrogen) atoms. The zero-order valence-corrected chi connectivity index (χ0v) is 14.0. The highest BCUT2D eigenvalue weighted by Gasteiger charge is 2.34. The molecule has 1 amide bonds. The van der Waals surface area contributed by atoms with Gasteiger partial charge in [-0.05, 0) is 37.3 Å². The van der Waals surface area contributed by atoms with Crippen molar-refractivity contribution >= 4 is 39.1 Å². The van der Waals surface area contributed by atoms with Crippen molar-refractivity contribution in [2.45, 2.75) is 19.1 Å². The van der Waals surface area contributed by atoms with Gasteiger partial charge in [0.25, 0.3) is 5.91 Å². The van der Waals surface area contributed by atoms with Gasteiger partial charge >= 0.3 is 0 Å². The number of hydrogen-bond acceptors (Lipinski definition) is 3. The summed E-state index contributed by atoms with van der Waals surface area (Å²) in [5, 5.41) is 3.22. The lowest BCUT2D eigenvalue weighted by Gasteiger charge is -2.31. The molecule has 4 nitrogen and oxygen atoms in total. The first-order valence-electron chi connectivity index (χ1n) is 6.73. The second kappa shape index (κ2) is 6.18. The first-order chi connectivity index (χ1) is 10.5. The van der Waals surface area contributed by atoms with Crippen LogP contribution in [-0.4, -0.2) is 18.1 Å². The highest BCUT2D eigenvalue weighted by Crippen LogP contribution is 2.34. The van der Waals surface area contributed by atoms with Crippen molar-refractivity contribution in [3.63, 3.8) is 0 Å². The van der Waals surface area contributed by atoms with Crippen molar-refractivity contribution in [1.82, 2.24) is 0 Å². The van der Waals surface area contributed by atoms with Crippen LogP contribution in [-0.2, 0) is 4.79 Å². The number of fused-ring (bicyclic) bond motifs is 1. The standard InChI is InChI=1S/C16H13BrClNO3/c1-9-15(22-14-5-3-2-4-13(14)21-9)16(20)19-12-7-6-10(17)8-11(12)18/h2-9,15H,1H3,(H,19,20). The Morgan fingerprint density at radius 2 is 1.86 bits per heavy atom. The number of benzene rings is 2. The Morgan fingerprint density at radius 3 is 2.55 bits per heavy atom. The van der Waals surface area contributed by atoms with Gasteiger partial charge in [0, 0.05) is 4.47 Å². The Labute approximate surface area is 141 Å². The number of anilines is 1. The molecule has 0 aliphatic carbocycles. The number of carbonyl (C=O) groups excluding carboxylic acids is 1. The summed E-state index contributed by atoms with van der Waals surface area (Å²) in [5.41, 5.74) is 0.532. The first kappa shape index (κ1) is 15.2. The van der Waals surface area contributed by atoms with Crippen LogP contribution in [0.5, 0.6) is 11.5 Å². The third-order valence-electron chi connectivity index (χ3n) is 3.29. The zero-order chi connectivity index (χ0) is 15.7. The summed E-state index contributed by atoms with van der Waals surface area (Å²) in [4.78, 5) is 12.4. The lowest BCUT2D eigenvalue weighted by atomic mass is 10.1. The van der Waals surface area contributed by atoms with Gasteiger partial charge in [-0.3, -0.25) is 4.79 Å². The minimum Gasteiger partial charge on any atom is -0.482 e. The third-order valence-corrected chi connectivity index (χ3v) is 4.10. The molecule has 2 unspecified atom stereocenters. The van der Waals surface area contributed by atoms with Crippen molar-refractivity contribution < 1.29 is 14.3 Å². The van der Waals surface area contributed by atoms with Crippen LogP contribution in [0.1, 0.15) is 6.92 Å². The van der Waals surface area contributed by atoms with Crippen molar-refractivity contribution in [2.24, 2.45) is 0 Å². The number of halogens is 2. The average molecular weight is 383 g/mol. The fourth-order valence-corrected chi connectivity index (χ4v) is 2.92. The summed E-state index contributed by atoms with van der Waals surface area (Å²) in [7, 11) is 0. The van der Waals surface area contributed by atoms with Crippen LogP contribution in [0.15, 0.2) is 46.9 Å². The summed E-state index contributed by atoms with van der Waals surface area (Å²) in [6, 6.07) is 12.5. The molecule has 0 aromatic heterocycles. The fourth-order valence-electron chi connectivity index (χ4n) is 2.20. The molecule has 0 saturated carbocycles. The smallest absolute Gasteiger partial charge is 0.269 e. The molecule has 1 heterocycles. The number of nitrogens with one attached hydrogen (secondary N) is 1. The number of hydrogen-bond donors (Lipinski definition) is 1. The minimum atomic E-state index is -0.741. The maximum absolute atomic E-state index is 12.4. The van der Waals surface area contributed by atoms with Crippen molar-refractivity contribution in [1.29, 1.82) is 0 Å². The summed E-state index contributed by atoms with van der Waals surface area (Å²) in [6.45, 7) is 1.80. The van der Waals surface area contributed by atoms with E-state index in [0.717, 1.165) is 4.47 Å². The summed E-state index contributed by atoms with van der Waals surface area (Å²) < 4.78 is 12.3. The predicted molar refractivity (Wildman–Crippen MR) is 88.7 cm³/mol. The Balaban J connectivity index is 1.78. The van der Waals surface area contributed by atoms with E-state index in [4.69, 9.17) is 21.1 Å². The molecular weight excluding hydrogens is 370 g/mol. The van der Waals surface area contributed by atoms with Crippen LogP contribution in [0, 0.1) is 0 Å². The molecule has 2 aromatic rings. The SMILES string of the molecule is CC1Oc2ccccc2OC1C(=O)Nc1ccc(Br)cc1Cl. The van der Waals surface area contributed by atoms with Gasteiger partial charge < -0.3 is 14.8 Å². The van der Waals surface area contributed by atoms with Crippen molar-refractivity contribution in [2.75, 3.05) is 5.32 Å². The van der Waals surface area contributed by atoms with Crippen LogP contribution in [0.4, 0.5) is 5.69 Å². The molecule has 1 N–H and O–H groups in total. The van der Waals surface area contributed by atoms with E-state index in [-0.39, 0.29) is 5.91 Å². The van der Waals surface area contributed by atoms with E-state index in [2.05, 4.69) is 21.2 Å². The van der Waals surface area contributed by atoms with Gasteiger partial charge in [0.2, 0.25) is 6.10 Å². The Kier molecular flexibility index (Phi) is 4.27. The quantitative estimate of drug-likeness (QED) is 0.844. The van der Waals surface area contributed by atoms with Gasteiger partial charge in [-0.2, -0.15) is 0 Å². The highest BCUT2D eigenvalue weighted by atomic mass is 79.9. The largest absolute Gasteiger partial charge is 0.482 e. The van der Waals surface area contributed by atoms with E-state index in [1.54, 1.807) is 31.2 Å². The molecule has 3 rings (SSSR count). The molecule has 1 aliphatic heterocycles. The maximum Gasteiger partial charge on any atom is 0.269 e. The van der Waals surface area contributed by atoms with Crippen LogP contribution < -0.4 is 14.8 Å². The molecular formula is C16H13BrClNO3. The molecule has 114 valence electrons. The molecule has 0 spiro atoms. The van der Waals surface area contributed by atoms with Gasteiger partial charge in [0.05, 0.1) is 10.7 Å². The average Bonchev–Trinajstić information content (AvgIpc) is 2.49. The van der Waals surface area contributed by atoms with Gasteiger partial charge in [0.15, 0.2) is 11.5 Å². The van der Waals surface area contributed by atoms with E-state index in [0.29, 0.717) is 22.2 Å². The molecule has 0 fully saturated rings. The highest BCUT2D eigenvalue weighted by molar-refractivity contribution is 9.10.